The lowest BCUT2D eigenvalue weighted by atomic mass is 10.1. The number of hydrogen-bond donors (Lipinski definition) is 1. The second-order valence-corrected chi connectivity index (χ2v) is 6.24. The molecule has 2 N–H and O–H groups in total. The minimum absolute atomic E-state index is 0.503. The van der Waals surface area contributed by atoms with E-state index in [1.165, 1.54) is 4.70 Å². The van der Waals surface area contributed by atoms with E-state index >= 15 is 0 Å². The molecule has 0 fully saturated rings. The van der Waals surface area contributed by atoms with Crippen LogP contribution in [-0.2, 0) is 13.2 Å². The third kappa shape index (κ3) is 2.91. The summed E-state index contributed by atoms with van der Waals surface area (Å²) < 4.78 is 7.19. The van der Waals surface area contributed by atoms with Crippen molar-refractivity contribution < 1.29 is 4.74 Å². The first-order valence-corrected chi connectivity index (χ1v) is 7.76. The number of nitrogens with zero attached hydrogens (tertiary/aromatic N) is 1. The molecule has 0 bridgehead atoms. The highest BCUT2D eigenvalue weighted by Gasteiger charge is 2.08. The summed E-state index contributed by atoms with van der Waals surface area (Å²) in [6, 6.07) is 12.3. The zero-order valence-corrected chi connectivity index (χ0v) is 13.0. The first kappa shape index (κ1) is 14.0. The Bertz CT molecular complexity index is 723. The monoisotopic (exact) mass is 298 g/mol. The highest BCUT2D eigenvalue weighted by atomic mass is 32.1. The van der Waals surface area contributed by atoms with Crippen LogP contribution in [0.25, 0.3) is 10.2 Å². The van der Waals surface area contributed by atoms with Crippen molar-refractivity contribution in [1.29, 1.82) is 0 Å². The Labute approximate surface area is 128 Å². The molecular formula is C17H18N2OS. The summed E-state index contributed by atoms with van der Waals surface area (Å²) >= 11 is 1.68. The van der Waals surface area contributed by atoms with E-state index in [9.17, 15) is 0 Å². The molecule has 3 aromatic rings. The van der Waals surface area contributed by atoms with Crippen molar-refractivity contribution in [1.82, 2.24) is 4.98 Å². The van der Waals surface area contributed by atoms with Gasteiger partial charge in [0.1, 0.15) is 17.4 Å². The molecule has 2 aromatic carbocycles. The van der Waals surface area contributed by atoms with Gasteiger partial charge in [-0.15, -0.1) is 11.3 Å². The summed E-state index contributed by atoms with van der Waals surface area (Å²) in [6.45, 7) is 5.17. The third-order valence-corrected chi connectivity index (χ3v) is 4.44. The van der Waals surface area contributed by atoms with Crippen LogP contribution in [0.5, 0.6) is 5.75 Å². The minimum atomic E-state index is 0.503. The highest BCUT2D eigenvalue weighted by molar-refractivity contribution is 7.18. The molecule has 0 amide bonds. The van der Waals surface area contributed by atoms with Crippen LogP contribution in [0.15, 0.2) is 36.4 Å². The van der Waals surface area contributed by atoms with Gasteiger partial charge in [-0.1, -0.05) is 24.3 Å². The van der Waals surface area contributed by atoms with Gasteiger partial charge in [-0.3, -0.25) is 0 Å². The van der Waals surface area contributed by atoms with Crippen molar-refractivity contribution in [2.75, 3.05) is 0 Å². The normalized spacial score (nSPS) is 11.0. The topological polar surface area (TPSA) is 48.1 Å². The third-order valence-electron chi connectivity index (χ3n) is 3.43. The molecule has 0 aliphatic carbocycles. The summed E-state index contributed by atoms with van der Waals surface area (Å²) in [5, 5.41) is 0.998. The van der Waals surface area contributed by atoms with Gasteiger partial charge < -0.3 is 10.5 Å². The molecule has 0 aliphatic heterocycles. The molecule has 3 nitrogen and oxygen atoms in total. The summed E-state index contributed by atoms with van der Waals surface area (Å²) in [5.41, 5.74) is 10.1. The van der Waals surface area contributed by atoms with Gasteiger partial charge >= 0.3 is 0 Å². The molecule has 3 rings (SSSR count). The maximum Gasteiger partial charge on any atom is 0.140 e. The maximum atomic E-state index is 5.99. The molecule has 1 aromatic heterocycles. The van der Waals surface area contributed by atoms with E-state index in [0.717, 1.165) is 33.0 Å². The van der Waals surface area contributed by atoms with Gasteiger partial charge in [0.25, 0.3) is 0 Å². The van der Waals surface area contributed by atoms with E-state index < -0.39 is 0 Å². The van der Waals surface area contributed by atoms with Gasteiger partial charge in [0, 0.05) is 6.54 Å². The number of thiazole rings is 1. The van der Waals surface area contributed by atoms with Crippen molar-refractivity contribution in [3.05, 3.63) is 58.1 Å². The Hall–Kier alpha value is -1.91. The Morgan fingerprint density at radius 1 is 1.14 bits per heavy atom. The Kier molecular flexibility index (Phi) is 3.90. The molecule has 0 saturated carbocycles. The number of fused-ring (bicyclic) bond motifs is 1. The fourth-order valence-corrected chi connectivity index (χ4v) is 3.38. The summed E-state index contributed by atoms with van der Waals surface area (Å²) in [7, 11) is 0. The van der Waals surface area contributed by atoms with Crippen LogP contribution in [0.1, 0.15) is 21.7 Å². The average molecular weight is 298 g/mol. The molecule has 0 unspecified atom stereocenters. The lowest BCUT2D eigenvalue weighted by molar-refractivity contribution is 0.301. The molecule has 108 valence electrons. The fourth-order valence-electron chi connectivity index (χ4n) is 2.50. The van der Waals surface area contributed by atoms with Gasteiger partial charge in [0.15, 0.2) is 0 Å². The zero-order valence-electron chi connectivity index (χ0n) is 12.2. The molecule has 4 heteroatoms. The maximum absolute atomic E-state index is 5.99. The molecule has 0 spiro atoms. The van der Waals surface area contributed by atoms with E-state index in [2.05, 4.69) is 37.0 Å². The highest BCUT2D eigenvalue weighted by Crippen LogP contribution is 2.27. The van der Waals surface area contributed by atoms with Crippen molar-refractivity contribution in [3.8, 4) is 5.75 Å². The average Bonchev–Trinajstić information content (AvgIpc) is 2.88. The SMILES string of the molecule is Cc1cc(CN)cc(C)c1OCc1nc2ccccc2s1. The van der Waals surface area contributed by atoms with E-state index in [-0.39, 0.29) is 0 Å². The number of nitrogens with two attached hydrogens (primary N) is 1. The number of benzene rings is 2. The van der Waals surface area contributed by atoms with Crippen molar-refractivity contribution in [2.45, 2.75) is 27.0 Å². The number of hydrogen-bond acceptors (Lipinski definition) is 4. The Morgan fingerprint density at radius 2 is 1.86 bits per heavy atom. The van der Waals surface area contributed by atoms with E-state index in [1.807, 2.05) is 18.2 Å². The molecule has 1 heterocycles. The lowest BCUT2D eigenvalue weighted by Gasteiger charge is -2.12. The number of aromatic nitrogens is 1. The summed E-state index contributed by atoms with van der Waals surface area (Å²) in [5.74, 6) is 0.937. The summed E-state index contributed by atoms with van der Waals surface area (Å²) in [4.78, 5) is 4.59. The van der Waals surface area contributed by atoms with Crippen molar-refractivity contribution in [2.24, 2.45) is 5.73 Å². The lowest BCUT2D eigenvalue weighted by Crippen LogP contribution is -2.02. The van der Waals surface area contributed by atoms with Crippen LogP contribution in [0.2, 0.25) is 0 Å². The van der Waals surface area contributed by atoms with Gasteiger partial charge in [0.2, 0.25) is 0 Å². The van der Waals surface area contributed by atoms with Crippen LogP contribution in [-0.4, -0.2) is 4.98 Å². The Balaban J connectivity index is 1.81. The number of aryl methyl sites for hydroxylation is 2. The number of ether oxygens (including phenoxy) is 1. The smallest absolute Gasteiger partial charge is 0.140 e. The second-order valence-electron chi connectivity index (χ2n) is 5.13. The first-order valence-electron chi connectivity index (χ1n) is 6.95. The largest absolute Gasteiger partial charge is 0.486 e. The molecule has 21 heavy (non-hydrogen) atoms. The van der Waals surface area contributed by atoms with Crippen molar-refractivity contribution in [3.63, 3.8) is 0 Å². The predicted molar refractivity (Wildman–Crippen MR) is 87.8 cm³/mol. The number of para-hydroxylation sites is 1. The Morgan fingerprint density at radius 3 is 2.52 bits per heavy atom. The van der Waals surface area contributed by atoms with Crippen LogP contribution >= 0.6 is 11.3 Å². The zero-order chi connectivity index (χ0) is 14.8. The van der Waals surface area contributed by atoms with Gasteiger partial charge in [0.05, 0.1) is 10.2 Å². The van der Waals surface area contributed by atoms with E-state index in [4.69, 9.17) is 10.5 Å². The van der Waals surface area contributed by atoms with Crippen LogP contribution in [0.4, 0.5) is 0 Å². The minimum Gasteiger partial charge on any atom is -0.486 e. The predicted octanol–water partition coefficient (Wildman–Crippen LogP) is 3.95. The quantitative estimate of drug-likeness (QED) is 0.793. The van der Waals surface area contributed by atoms with E-state index in [1.54, 1.807) is 11.3 Å². The molecule has 0 atom stereocenters. The first-order chi connectivity index (χ1) is 10.2. The standard InChI is InChI=1S/C17H18N2OS/c1-11-7-13(9-18)8-12(2)17(11)20-10-16-19-14-5-3-4-6-15(14)21-16/h3-8H,9-10,18H2,1-2H3. The van der Waals surface area contributed by atoms with Gasteiger partial charge in [-0.2, -0.15) is 0 Å². The van der Waals surface area contributed by atoms with Gasteiger partial charge in [-0.25, -0.2) is 4.98 Å². The van der Waals surface area contributed by atoms with Gasteiger partial charge in [-0.05, 0) is 42.7 Å². The van der Waals surface area contributed by atoms with Crippen LogP contribution < -0.4 is 10.5 Å². The summed E-state index contributed by atoms with van der Waals surface area (Å²) in [6.07, 6.45) is 0. The molecule has 0 aliphatic rings. The fraction of sp³-hybridized carbons (Fsp3) is 0.235. The van der Waals surface area contributed by atoms with Crippen LogP contribution in [0, 0.1) is 13.8 Å². The van der Waals surface area contributed by atoms with Crippen LogP contribution in [0.3, 0.4) is 0 Å². The number of rotatable bonds is 4. The molecular weight excluding hydrogens is 280 g/mol. The van der Waals surface area contributed by atoms with E-state index in [0.29, 0.717) is 13.2 Å². The van der Waals surface area contributed by atoms with Crippen molar-refractivity contribution >= 4 is 21.6 Å². The second kappa shape index (κ2) is 5.84. The molecule has 0 radical (unpaired) electrons. The molecule has 0 saturated heterocycles.